The minimum atomic E-state index is -0.270. The van der Waals surface area contributed by atoms with Crippen LogP contribution in [0.5, 0.6) is 0 Å². The highest BCUT2D eigenvalue weighted by molar-refractivity contribution is 7.99. The number of rotatable bonds is 2. The molecule has 0 aliphatic carbocycles. The molecule has 1 aromatic heterocycles. The van der Waals surface area contributed by atoms with Crippen molar-refractivity contribution in [2.75, 3.05) is 5.75 Å². The maximum atomic E-state index is 13.2. The zero-order valence-electron chi connectivity index (χ0n) is 12.0. The van der Waals surface area contributed by atoms with E-state index in [9.17, 15) is 8.78 Å². The Kier molecular flexibility index (Phi) is 4.41. The monoisotopic (exact) mass is 350 g/mol. The molecule has 23 heavy (non-hydrogen) atoms. The van der Waals surface area contributed by atoms with Crippen LogP contribution in [0.2, 0.25) is 0 Å². The quantitative estimate of drug-likeness (QED) is 0.645. The Hall–Kier alpha value is -1.85. The highest BCUT2D eigenvalue weighted by Gasteiger charge is 2.23. The normalized spacial score (nSPS) is 12.8. The summed E-state index contributed by atoms with van der Waals surface area (Å²) >= 11 is 1.70. The molecular formula is C17H13ClF2N2S. The molecule has 2 nitrogen and oxygen atoms in total. The van der Waals surface area contributed by atoms with Gasteiger partial charge in [0.1, 0.15) is 11.6 Å². The number of fused-ring (bicyclic) bond motifs is 1. The summed E-state index contributed by atoms with van der Waals surface area (Å²) in [6.45, 7) is 0.876. The summed E-state index contributed by atoms with van der Waals surface area (Å²) in [5.41, 5.74) is 3.56. The number of benzene rings is 2. The fraction of sp³-hybridized carbons (Fsp3) is 0.118. The van der Waals surface area contributed by atoms with E-state index in [1.54, 1.807) is 36.0 Å². The molecule has 118 valence electrons. The summed E-state index contributed by atoms with van der Waals surface area (Å²) in [6, 6.07) is 12.7. The molecule has 0 N–H and O–H groups in total. The Morgan fingerprint density at radius 2 is 1.43 bits per heavy atom. The van der Waals surface area contributed by atoms with E-state index in [0.717, 1.165) is 40.0 Å². The zero-order chi connectivity index (χ0) is 15.1. The van der Waals surface area contributed by atoms with E-state index >= 15 is 0 Å². The first-order valence-corrected chi connectivity index (χ1v) is 7.96. The van der Waals surface area contributed by atoms with E-state index in [4.69, 9.17) is 4.98 Å². The van der Waals surface area contributed by atoms with Crippen LogP contribution in [-0.2, 0) is 6.54 Å². The lowest BCUT2D eigenvalue weighted by Gasteiger charge is -2.08. The van der Waals surface area contributed by atoms with Crippen LogP contribution in [0.3, 0.4) is 0 Å². The second-order valence-electron chi connectivity index (χ2n) is 5.11. The number of thioether (sulfide) groups is 1. The molecular weight excluding hydrogens is 338 g/mol. The van der Waals surface area contributed by atoms with Gasteiger partial charge < -0.3 is 4.57 Å². The molecule has 1 aliphatic heterocycles. The molecule has 6 heteroatoms. The van der Waals surface area contributed by atoms with Gasteiger partial charge >= 0.3 is 0 Å². The summed E-state index contributed by atoms with van der Waals surface area (Å²) in [5.74, 6) is 0.455. The third-order valence-corrected chi connectivity index (χ3v) is 4.67. The van der Waals surface area contributed by atoms with Crippen LogP contribution >= 0.6 is 24.2 Å². The Balaban J connectivity index is 0.00000156. The molecule has 0 unspecified atom stereocenters. The summed E-state index contributed by atoms with van der Waals surface area (Å²) in [4.78, 5) is 4.70. The predicted molar refractivity (Wildman–Crippen MR) is 91.0 cm³/mol. The Morgan fingerprint density at radius 1 is 0.870 bits per heavy atom. The first-order chi connectivity index (χ1) is 10.7. The van der Waals surface area contributed by atoms with Gasteiger partial charge in [-0.25, -0.2) is 13.8 Å². The van der Waals surface area contributed by atoms with Crippen molar-refractivity contribution < 1.29 is 8.78 Å². The molecule has 0 saturated carbocycles. The van der Waals surface area contributed by atoms with Crippen LogP contribution in [-0.4, -0.2) is 15.3 Å². The molecule has 0 spiro atoms. The standard InChI is InChI=1S/C17H12F2N2S.ClH/c18-13-5-1-11(2-6-13)15-16(12-3-7-14(19)8-4-12)21-9-10-22-17(21)20-15;/h1-8H,9-10H2;1H. The molecule has 2 heterocycles. The van der Waals surface area contributed by atoms with Crippen LogP contribution in [0, 0.1) is 11.6 Å². The van der Waals surface area contributed by atoms with Gasteiger partial charge in [0.15, 0.2) is 5.16 Å². The van der Waals surface area contributed by atoms with Gasteiger partial charge in [-0.15, -0.1) is 12.4 Å². The molecule has 0 atom stereocenters. The van der Waals surface area contributed by atoms with Crippen molar-refractivity contribution in [2.24, 2.45) is 0 Å². The van der Waals surface area contributed by atoms with Gasteiger partial charge in [-0.05, 0) is 48.5 Å². The van der Waals surface area contributed by atoms with Gasteiger partial charge in [-0.2, -0.15) is 0 Å². The van der Waals surface area contributed by atoms with Crippen LogP contribution < -0.4 is 0 Å². The fourth-order valence-electron chi connectivity index (χ4n) is 2.69. The van der Waals surface area contributed by atoms with Gasteiger partial charge in [0, 0.05) is 23.4 Å². The van der Waals surface area contributed by atoms with Crippen molar-refractivity contribution in [1.82, 2.24) is 9.55 Å². The van der Waals surface area contributed by atoms with E-state index in [1.807, 2.05) is 0 Å². The molecule has 0 radical (unpaired) electrons. The van der Waals surface area contributed by atoms with Crippen molar-refractivity contribution in [2.45, 2.75) is 11.7 Å². The smallest absolute Gasteiger partial charge is 0.169 e. The Bertz CT molecular complexity index is 829. The second-order valence-corrected chi connectivity index (χ2v) is 6.17. The van der Waals surface area contributed by atoms with Crippen molar-refractivity contribution in [3.63, 3.8) is 0 Å². The minimum absolute atomic E-state index is 0. The number of nitrogens with zero attached hydrogens (tertiary/aromatic N) is 2. The van der Waals surface area contributed by atoms with Gasteiger partial charge in [0.2, 0.25) is 0 Å². The highest BCUT2D eigenvalue weighted by atomic mass is 35.5. The number of hydrogen-bond acceptors (Lipinski definition) is 2. The third-order valence-electron chi connectivity index (χ3n) is 3.71. The molecule has 0 fully saturated rings. The van der Waals surface area contributed by atoms with Gasteiger partial charge in [-0.3, -0.25) is 0 Å². The van der Waals surface area contributed by atoms with Gasteiger partial charge in [0.05, 0.1) is 11.4 Å². The number of halogens is 3. The third kappa shape index (κ3) is 2.86. The number of hydrogen-bond donors (Lipinski definition) is 0. The lowest BCUT2D eigenvalue weighted by atomic mass is 10.0. The zero-order valence-corrected chi connectivity index (χ0v) is 13.6. The molecule has 0 amide bonds. The van der Waals surface area contributed by atoms with Gasteiger partial charge in [0.25, 0.3) is 0 Å². The first kappa shape index (κ1) is 16.0. The lowest BCUT2D eigenvalue weighted by Crippen LogP contribution is -1.97. The fourth-order valence-corrected chi connectivity index (χ4v) is 3.64. The molecule has 1 aliphatic rings. The van der Waals surface area contributed by atoms with Crippen LogP contribution in [0.15, 0.2) is 53.7 Å². The molecule has 4 rings (SSSR count). The second kappa shape index (κ2) is 6.34. The van der Waals surface area contributed by atoms with Crippen LogP contribution in [0.4, 0.5) is 8.78 Å². The van der Waals surface area contributed by atoms with E-state index in [-0.39, 0.29) is 24.0 Å². The molecule has 0 saturated heterocycles. The van der Waals surface area contributed by atoms with E-state index < -0.39 is 0 Å². The van der Waals surface area contributed by atoms with E-state index in [1.165, 1.54) is 24.3 Å². The summed E-state index contributed by atoms with van der Waals surface area (Å²) in [5, 5.41) is 0.957. The van der Waals surface area contributed by atoms with Gasteiger partial charge in [-0.1, -0.05) is 11.8 Å². The Morgan fingerprint density at radius 3 is 2.04 bits per heavy atom. The largest absolute Gasteiger partial charge is 0.318 e. The summed E-state index contributed by atoms with van der Waals surface area (Å²) < 4.78 is 28.5. The average Bonchev–Trinajstić information content (AvgIpc) is 3.10. The topological polar surface area (TPSA) is 17.8 Å². The molecule has 3 aromatic rings. The summed E-state index contributed by atoms with van der Waals surface area (Å²) in [7, 11) is 0. The van der Waals surface area contributed by atoms with Crippen molar-refractivity contribution >= 4 is 24.2 Å². The average molecular weight is 351 g/mol. The van der Waals surface area contributed by atoms with Crippen molar-refractivity contribution in [1.29, 1.82) is 0 Å². The van der Waals surface area contributed by atoms with Crippen LogP contribution in [0.25, 0.3) is 22.5 Å². The lowest BCUT2D eigenvalue weighted by molar-refractivity contribution is 0.627. The van der Waals surface area contributed by atoms with E-state index in [0.29, 0.717) is 0 Å². The van der Waals surface area contributed by atoms with Crippen molar-refractivity contribution in [3.8, 4) is 22.5 Å². The molecule has 0 bridgehead atoms. The minimum Gasteiger partial charge on any atom is -0.318 e. The summed E-state index contributed by atoms with van der Waals surface area (Å²) in [6.07, 6.45) is 0. The Labute approximate surface area is 143 Å². The number of aromatic nitrogens is 2. The molecule has 2 aromatic carbocycles. The van der Waals surface area contributed by atoms with Crippen LogP contribution in [0.1, 0.15) is 0 Å². The maximum absolute atomic E-state index is 13.2. The highest BCUT2D eigenvalue weighted by Crippen LogP contribution is 2.38. The maximum Gasteiger partial charge on any atom is 0.169 e. The predicted octanol–water partition coefficient (Wildman–Crippen LogP) is 5.02. The first-order valence-electron chi connectivity index (χ1n) is 6.97. The number of imidazole rings is 1. The SMILES string of the molecule is Cl.Fc1ccc(-c2nc3n(c2-c2ccc(F)cc2)CCS3)cc1. The van der Waals surface area contributed by atoms with Crippen molar-refractivity contribution in [3.05, 3.63) is 60.2 Å². The van der Waals surface area contributed by atoms with E-state index in [2.05, 4.69) is 4.57 Å².